The third-order valence-electron chi connectivity index (χ3n) is 2.25. The van der Waals surface area contributed by atoms with Crippen molar-refractivity contribution in [3.8, 4) is 0 Å². The minimum atomic E-state index is -0.430. The monoisotopic (exact) mass is 237 g/mol. The van der Waals surface area contributed by atoms with E-state index >= 15 is 0 Å². The van der Waals surface area contributed by atoms with E-state index in [2.05, 4.69) is 0 Å². The first-order valence-electron chi connectivity index (χ1n) is 4.76. The van der Waals surface area contributed by atoms with Crippen molar-refractivity contribution in [2.45, 2.75) is 6.54 Å². The van der Waals surface area contributed by atoms with E-state index in [1.165, 1.54) is 18.2 Å². The van der Waals surface area contributed by atoms with Gasteiger partial charge in [0, 0.05) is 31.1 Å². The Kier molecular flexibility index (Phi) is 3.06. The van der Waals surface area contributed by atoms with Crippen molar-refractivity contribution in [3.05, 3.63) is 69.4 Å². The summed E-state index contributed by atoms with van der Waals surface area (Å²) in [7, 11) is 0. The third kappa shape index (κ3) is 2.31. The highest BCUT2D eigenvalue weighted by atomic mass is 35.5. The zero-order valence-corrected chi connectivity index (χ0v) is 9.12. The number of nitrogens with zero attached hydrogens (tertiary/aromatic N) is 1. The van der Waals surface area contributed by atoms with E-state index in [0.29, 0.717) is 12.1 Å². The second-order valence-electron chi connectivity index (χ2n) is 3.42. The Hall–Kier alpha value is -1.61. The first-order valence-corrected chi connectivity index (χ1v) is 5.13. The quantitative estimate of drug-likeness (QED) is 0.787. The van der Waals surface area contributed by atoms with Gasteiger partial charge in [0.25, 0.3) is 0 Å². The van der Waals surface area contributed by atoms with Crippen LogP contribution in [0.3, 0.4) is 0 Å². The molecule has 2 rings (SSSR count). The first-order chi connectivity index (χ1) is 7.66. The number of pyridine rings is 1. The molecule has 2 nitrogen and oxygen atoms in total. The fraction of sp³-hybridized carbons (Fsp3) is 0.0833. The van der Waals surface area contributed by atoms with Crippen molar-refractivity contribution in [1.29, 1.82) is 0 Å². The molecule has 2 aromatic rings. The molecule has 82 valence electrons. The lowest BCUT2D eigenvalue weighted by Gasteiger charge is -2.07. The van der Waals surface area contributed by atoms with E-state index in [-0.39, 0.29) is 10.5 Å². The van der Waals surface area contributed by atoms with Gasteiger partial charge in [-0.3, -0.25) is 4.79 Å². The van der Waals surface area contributed by atoms with Crippen molar-refractivity contribution in [1.82, 2.24) is 4.57 Å². The van der Waals surface area contributed by atoms with Crippen LogP contribution in [0.25, 0.3) is 0 Å². The Labute approximate surface area is 96.9 Å². The molecule has 0 spiro atoms. The maximum absolute atomic E-state index is 13.2. The van der Waals surface area contributed by atoms with Crippen LogP contribution in [0.15, 0.2) is 47.5 Å². The minimum Gasteiger partial charge on any atom is -0.350 e. The van der Waals surface area contributed by atoms with Crippen molar-refractivity contribution in [2.24, 2.45) is 0 Å². The molecule has 0 atom stereocenters. The second-order valence-corrected chi connectivity index (χ2v) is 3.80. The van der Waals surface area contributed by atoms with Crippen LogP contribution in [0.5, 0.6) is 0 Å². The first kappa shape index (κ1) is 10.9. The normalized spacial score (nSPS) is 10.4. The molecule has 16 heavy (non-hydrogen) atoms. The van der Waals surface area contributed by atoms with Gasteiger partial charge in [0.1, 0.15) is 5.82 Å². The van der Waals surface area contributed by atoms with Crippen LogP contribution in [0.2, 0.25) is 5.02 Å². The molecule has 0 fully saturated rings. The second kappa shape index (κ2) is 4.49. The summed E-state index contributed by atoms with van der Waals surface area (Å²) in [6.45, 7) is 0.441. The van der Waals surface area contributed by atoms with Gasteiger partial charge >= 0.3 is 0 Å². The number of hydrogen-bond acceptors (Lipinski definition) is 1. The molecular formula is C12H9ClFNO. The molecule has 0 saturated carbocycles. The molecule has 0 saturated heterocycles. The zero-order chi connectivity index (χ0) is 11.5. The smallest absolute Gasteiger partial charge is 0.181 e. The van der Waals surface area contributed by atoms with Gasteiger partial charge in [-0.25, -0.2) is 4.39 Å². The van der Waals surface area contributed by atoms with Crippen LogP contribution in [0.4, 0.5) is 4.39 Å². The Morgan fingerprint density at radius 3 is 2.56 bits per heavy atom. The molecule has 4 heteroatoms. The van der Waals surface area contributed by atoms with E-state index in [1.54, 1.807) is 29.1 Å². The number of aromatic nitrogens is 1. The lowest BCUT2D eigenvalue weighted by molar-refractivity contribution is 0.624. The minimum absolute atomic E-state index is 0.0541. The van der Waals surface area contributed by atoms with Crippen molar-refractivity contribution in [2.75, 3.05) is 0 Å². The van der Waals surface area contributed by atoms with E-state index in [9.17, 15) is 9.18 Å². The summed E-state index contributed by atoms with van der Waals surface area (Å²) in [5.41, 5.74) is 0.631. The van der Waals surface area contributed by atoms with Gasteiger partial charge in [0.2, 0.25) is 0 Å². The molecular weight excluding hydrogens is 229 g/mol. The van der Waals surface area contributed by atoms with Crippen LogP contribution in [0.1, 0.15) is 5.56 Å². The average molecular weight is 238 g/mol. The summed E-state index contributed by atoms with van der Waals surface area (Å²) in [4.78, 5) is 10.9. The molecule has 0 aliphatic rings. The van der Waals surface area contributed by atoms with Crippen molar-refractivity contribution >= 4 is 11.6 Å². The number of halogens is 2. The van der Waals surface area contributed by atoms with Gasteiger partial charge in [-0.1, -0.05) is 23.7 Å². The van der Waals surface area contributed by atoms with Crippen LogP contribution in [0, 0.1) is 5.82 Å². The molecule has 0 bridgehead atoms. The molecule has 0 aliphatic heterocycles. The van der Waals surface area contributed by atoms with Gasteiger partial charge in [0.15, 0.2) is 5.43 Å². The third-order valence-corrected chi connectivity index (χ3v) is 2.67. The van der Waals surface area contributed by atoms with Gasteiger partial charge in [-0.15, -0.1) is 0 Å². The summed E-state index contributed by atoms with van der Waals surface area (Å²) in [6.07, 6.45) is 3.28. The Morgan fingerprint density at radius 2 is 1.88 bits per heavy atom. The van der Waals surface area contributed by atoms with Gasteiger partial charge in [-0.2, -0.15) is 0 Å². The molecule has 0 N–H and O–H groups in total. The lowest BCUT2D eigenvalue weighted by atomic mass is 10.2. The summed E-state index contributed by atoms with van der Waals surface area (Å²) in [6, 6.07) is 7.58. The Bertz CT molecular complexity index is 545. The van der Waals surface area contributed by atoms with Crippen molar-refractivity contribution < 1.29 is 4.39 Å². The van der Waals surface area contributed by atoms with Crippen LogP contribution >= 0.6 is 11.6 Å². The molecule has 0 aliphatic carbocycles. The lowest BCUT2D eigenvalue weighted by Crippen LogP contribution is -2.05. The highest BCUT2D eigenvalue weighted by Gasteiger charge is 2.05. The molecule has 0 amide bonds. The van der Waals surface area contributed by atoms with Crippen LogP contribution in [-0.4, -0.2) is 4.57 Å². The Morgan fingerprint density at radius 1 is 1.19 bits per heavy atom. The maximum Gasteiger partial charge on any atom is 0.181 e. The topological polar surface area (TPSA) is 22.0 Å². The van der Waals surface area contributed by atoms with E-state index in [4.69, 9.17) is 11.6 Å². The molecule has 1 aromatic carbocycles. The van der Waals surface area contributed by atoms with Gasteiger partial charge in [-0.05, 0) is 11.6 Å². The highest BCUT2D eigenvalue weighted by molar-refractivity contribution is 6.31. The van der Waals surface area contributed by atoms with Crippen molar-refractivity contribution in [3.63, 3.8) is 0 Å². The molecule has 0 unspecified atom stereocenters. The summed E-state index contributed by atoms with van der Waals surface area (Å²) >= 11 is 5.82. The maximum atomic E-state index is 13.2. The molecule has 0 radical (unpaired) electrons. The highest BCUT2D eigenvalue weighted by Crippen LogP contribution is 2.20. The SMILES string of the molecule is O=c1ccn(Cc2cccc(F)c2Cl)cc1. The van der Waals surface area contributed by atoms with E-state index < -0.39 is 5.82 Å². The van der Waals surface area contributed by atoms with Crippen LogP contribution in [-0.2, 0) is 6.54 Å². The fourth-order valence-corrected chi connectivity index (χ4v) is 1.60. The average Bonchev–Trinajstić information content (AvgIpc) is 2.28. The molecule has 1 aromatic heterocycles. The molecule has 1 heterocycles. The van der Waals surface area contributed by atoms with E-state index in [0.717, 1.165) is 0 Å². The number of hydrogen-bond donors (Lipinski definition) is 0. The van der Waals surface area contributed by atoms with Gasteiger partial charge < -0.3 is 4.57 Å². The van der Waals surface area contributed by atoms with Crippen LogP contribution < -0.4 is 5.43 Å². The summed E-state index contributed by atoms with van der Waals surface area (Å²) < 4.78 is 14.9. The standard InChI is InChI=1S/C12H9ClFNO/c13-12-9(2-1-3-11(12)14)8-15-6-4-10(16)5-7-15/h1-7H,8H2. The predicted octanol–water partition coefficient (Wildman–Crippen LogP) is 2.69. The fourth-order valence-electron chi connectivity index (χ4n) is 1.42. The van der Waals surface area contributed by atoms with Gasteiger partial charge in [0.05, 0.1) is 5.02 Å². The zero-order valence-electron chi connectivity index (χ0n) is 8.36. The number of benzene rings is 1. The Balaban J connectivity index is 2.30. The number of rotatable bonds is 2. The summed E-state index contributed by atoms with van der Waals surface area (Å²) in [5, 5.41) is 0.126. The van der Waals surface area contributed by atoms with E-state index in [1.807, 2.05) is 0 Å². The predicted molar refractivity (Wildman–Crippen MR) is 61.2 cm³/mol. The summed E-state index contributed by atoms with van der Waals surface area (Å²) in [5.74, 6) is -0.430. The largest absolute Gasteiger partial charge is 0.350 e.